The number of rotatable bonds is 16. The maximum Gasteiger partial charge on any atom is 0.322 e. The molecule has 4 amide bonds. The van der Waals surface area contributed by atoms with E-state index in [4.69, 9.17) is 22.3 Å². The number of carboxylic acids is 1. The highest BCUT2D eigenvalue weighted by molar-refractivity contribution is 5.98. The summed E-state index contributed by atoms with van der Waals surface area (Å²) in [5.74, 6) is -2.26. The minimum atomic E-state index is -1.20. The van der Waals surface area contributed by atoms with E-state index >= 15 is 0 Å². The standard InChI is InChI=1S/C28H39N7O5/c1-2-3-5-19-11-13-22(14-12-19)26(39)35(18-21-9-7-20(8-10-21)16-34-28(31)40)23(6-4-15-32-27(29)30)25(38)33-17-24(36)37/h7-14,23H,2-6,15-18H2,1H3,(H,33,38)(H,36,37)(H4,29,30,32)(H3,31,34,40)/t23-/m1/s1. The summed E-state index contributed by atoms with van der Waals surface area (Å²) in [7, 11) is 0. The predicted molar refractivity (Wildman–Crippen MR) is 152 cm³/mol. The quantitative estimate of drug-likeness (QED) is 0.102. The van der Waals surface area contributed by atoms with Crippen LogP contribution in [0.1, 0.15) is 59.7 Å². The van der Waals surface area contributed by atoms with E-state index < -0.39 is 30.5 Å². The maximum atomic E-state index is 13.8. The van der Waals surface area contributed by atoms with Crippen molar-refractivity contribution in [3.63, 3.8) is 0 Å². The van der Waals surface area contributed by atoms with E-state index in [0.29, 0.717) is 12.0 Å². The van der Waals surface area contributed by atoms with Crippen molar-refractivity contribution in [2.45, 2.75) is 58.2 Å². The van der Waals surface area contributed by atoms with Crippen LogP contribution in [-0.4, -0.2) is 58.9 Å². The van der Waals surface area contributed by atoms with Crippen molar-refractivity contribution in [1.82, 2.24) is 15.5 Å². The van der Waals surface area contributed by atoms with Gasteiger partial charge >= 0.3 is 12.0 Å². The Balaban J connectivity index is 2.39. The number of aliphatic imine (C=N–C) groups is 1. The molecular formula is C28H39N7O5. The number of carbonyl (C=O) groups excluding carboxylic acids is 3. The van der Waals surface area contributed by atoms with E-state index in [1.807, 2.05) is 12.1 Å². The minimum absolute atomic E-state index is 0.0768. The zero-order valence-corrected chi connectivity index (χ0v) is 22.8. The molecule has 0 aliphatic heterocycles. The summed E-state index contributed by atoms with van der Waals surface area (Å²) < 4.78 is 0. The van der Waals surface area contributed by atoms with E-state index in [1.165, 1.54) is 4.90 Å². The lowest BCUT2D eigenvalue weighted by Gasteiger charge is -2.31. The topological polar surface area (TPSA) is 206 Å². The molecule has 0 aromatic heterocycles. The molecule has 0 fully saturated rings. The predicted octanol–water partition coefficient (Wildman–Crippen LogP) is 1.46. The Bertz CT molecular complexity index is 1160. The first-order chi connectivity index (χ1) is 19.1. The Kier molecular flexibility index (Phi) is 12.9. The van der Waals surface area contributed by atoms with Gasteiger partial charge in [0.1, 0.15) is 12.6 Å². The molecule has 216 valence electrons. The molecule has 0 unspecified atom stereocenters. The average molecular weight is 554 g/mol. The lowest BCUT2D eigenvalue weighted by Crippen LogP contribution is -2.50. The number of carboxylic acid groups (broad SMARTS) is 1. The van der Waals surface area contributed by atoms with Crippen molar-refractivity contribution < 1.29 is 24.3 Å². The molecule has 12 nitrogen and oxygen atoms in total. The van der Waals surface area contributed by atoms with E-state index in [1.54, 1.807) is 36.4 Å². The number of nitrogens with one attached hydrogen (secondary N) is 2. The number of carbonyl (C=O) groups is 4. The molecule has 0 heterocycles. The van der Waals surface area contributed by atoms with Crippen LogP contribution in [0.3, 0.4) is 0 Å². The SMILES string of the molecule is CCCCc1ccc(C(=O)N(Cc2ccc(CNC(N)=O)cc2)[C@H](CCCN=C(N)N)C(=O)NCC(=O)O)cc1. The van der Waals surface area contributed by atoms with Gasteiger partial charge in [-0.05, 0) is 54.5 Å². The fourth-order valence-corrected chi connectivity index (χ4v) is 4.03. The lowest BCUT2D eigenvalue weighted by atomic mass is 10.0. The highest BCUT2D eigenvalue weighted by Gasteiger charge is 2.30. The molecule has 0 aliphatic rings. The molecule has 2 aromatic carbocycles. The summed E-state index contributed by atoms with van der Waals surface area (Å²) in [5.41, 5.74) is 19.0. The van der Waals surface area contributed by atoms with Crippen molar-refractivity contribution in [1.29, 1.82) is 0 Å². The number of primary amides is 1. The van der Waals surface area contributed by atoms with Gasteiger partial charge in [-0.3, -0.25) is 19.4 Å². The molecule has 0 saturated heterocycles. The zero-order valence-electron chi connectivity index (χ0n) is 22.8. The highest BCUT2D eigenvalue weighted by atomic mass is 16.4. The third kappa shape index (κ3) is 11.0. The van der Waals surface area contributed by atoms with Gasteiger partial charge in [0.25, 0.3) is 5.91 Å². The van der Waals surface area contributed by atoms with Crippen LogP contribution in [0, 0.1) is 0 Å². The van der Waals surface area contributed by atoms with Crippen LogP contribution < -0.4 is 27.8 Å². The van der Waals surface area contributed by atoms with E-state index in [2.05, 4.69) is 22.5 Å². The molecular weight excluding hydrogens is 514 g/mol. The molecule has 0 bridgehead atoms. The molecule has 0 saturated carbocycles. The van der Waals surface area contributed by atoms with Crippen molar-refractivity contribution in [3.8, 4) is 0 Å². The number of benzene rings is 2. The largest absolute Gasteiger partial charge is 0.480 e. The number of unbranched alkanes of at least 4 members (excludes halogenated alkanes) is 1. The van der Waals surface area contributed by atoms with Gasteiger partial charge < -0.3 is 37.8 Å². The summed E-state index contributed by atoms with van der Waals surface area (Å²) in [6.45, 7) is 2.08. The van der Waals surface area contributed by atoms with Crippen LogP contribution in [0.25, 0.3) is 0 Å². The Morgan fingerprint density at radius 1 is 0.900 bits per heavy atom. The zero-order chi connectivity index (χ0) is 29.5. The summed E-state index contributed by atoms with van der Waals surface area (Å²) in [5, 5.41) is 14.0. The number of amides is 4. The lowest BCUT2D eigenvalue weighted by molar-refractivity contribution is -0.138. The molecule has 0 spiro atoms. The van der Waals surface area contributed by atoms with Gasteiger partial charge in [-0.15, -0.1) is 0 Å². The average Bonchev–Trinajstić information content (AvgIpc) is 2.93. The fourth-order valence-electron chi connectivity index (χ4n) is 4.03. The van der Waals surface area contributed by atoms with Gasteiger partial charge in [0, 0.05) is 25.2 Å². The van der Waals surface area contributed by atoms with Crippen LogP contribution in [0.15, 0.2) is 53.5 Å². The van der Waals surface area contributed by atoms with Crippen LogP contribution in [0.5, 0.6) is 0 Å². The summed E-state index contributed by atoms with van der Waals surface area (Å²) in [6, 6.07) is 12.8. The summed E-state index contributed by atoms with van der Waals surface area (Å²) >= 11 is 0. The first kappa shape index (κ1) is 31.6. The summed E-state index contributed by atoms with van der Waals surface area (Å²) in [6.07, 6.45) is 3.56. The second kappa shape index (κ2) is 16.4. The van der Waals surface area contributed by atoms with Gasteiger partial charge in [-0.2, -0.15) is 0 Å². The van der Waals surface area contributed by atoms with Crippen LogP contribution in [0.4, 0.5) is 4.79 Å². The number of urea groups is 1. The Labute approximate surface area is 234 Å². The van der Waals surface area contributed by atoms with Crippen molar-refractivity contribution >= 4 is 29.8 Å². The molecule has 2 aromatic rings. The maximum absolute atomic E-state index is 13.8. The first-order valence-corrected chi connectivity index (χ1v) is 13.2. The van der Waals surface area contributed by atoms with Crippen LogP contribution >= 0.6 is 0 Å². The molecule has 40 heavy (non-hydrogen) atoms. The summed E-state index contributed by atoms with van der Waals surface area (Å²) in [4.78, 5) is 54.6. The third-order valence-electron chi connectivity index (χ3n) is 6.15. The second-order valence-corrected chi connectivity index (χ2v) is 9.34. The third-order valence-corrected chi connectivity index (χ3v) is 6.15. The van der Waals surface area contributed by atoms with E-state index in [-0.39, 0.29) is 37.9 Å². The number of nitrogens with zero attached hydrogens (tertiary/aromatic N) is 2. The van der Waals surface area contributed by atoms with Crippen molar-refractivity contribution in [2.75, 3.05) is 13.1 Å². The number of aryl methyl sites for hydroxylation is 1. The Morgan fingerprint density at radius 3 is 2.10 bits per heavy atom. The van der Waals surface area contributed by atoms with Gasteiger partial charge in [-0.25, -0.2) is 4.79 Å². The smallest absolute Gasteiger partial charge is 0.322 e. The van der Waals surface area contributed by atoms with Gasteiger partial charge in [-0.1, -0.05) is 49.7 Å². The number of hydrogen-bond acceptors (Lipinski definition) is 5. The van der Waals surface area contributed by atoms with E-state index in [9.17, 15) is 19.2 Å². The Morgan fingerprint density at radius 2 is 1.52 bits per heavy atom. The Hall–Kier alpha value is -4.61. The molecule has 1 atom stereocenters. The number of nitrogens with two attached hydrogens (primary N) is 3. The van der Waals surface area contributed by atoms with Crippen molar-refractivity contribution in [2.24, 2.45) is 22.2 Å². The molecule has 12 heteroatoms. The molecule has 0 aliphatic carbocycles. The molecule has 2 rings (SSSR count). The van der Waals surface area contributed by atoms with Crippen LogP contribution in [-0.2, 0) is 29.1 Å². The van der Waals surface area contributed by atoms with Gasteiger partial charge in [0.2, 0.25) is 5.91 Å². The monoisotopic (exact) mass is 553 g/mol. The molecule has 0 radical (unpaired) electrons. The highest BCUT2D eigenvalue weighted by Crippen LogP contribution is 2.19. The number of hydrogen-bond donors (Lipinski definition) is 6. The van der Waals surface area contributed by atoms with Gasteiger partial charge in [0.15, 0.2) is 5.96 Å². The van der Waals surface area contributed by atoms with Crippen LogP contribution in [0.2, 0.25) is 0 Å². The fraction of sp³-hybridized carbons (Fsp3) is 0.393. The normalized spacial score (nSPS) is 11.2. The number of guanidine groups is 1. The minimum Gasteiger partial charge on any atom is -0.480 e. The van der Waals surface area contributed by atoms with Gasteiger partial charge in [0.05, 0.1) is 0 Å². The molecule has 9 N–H and O–H groups in total. The van der Waals surface area contributed by atoms with Crippen molar-refractivity contribution in [3.05, 3.63) is 70.8 Å². The number of aliphatic carboxylic acids is 1. The first-order valence-electron chi connectivity index (χ1n) is 13.2. The second-order valence-electron chi connectivity index (χ2n) is 9.34. The van der Waals surface area contributed by atoms with E-state index in [0.717, 1.165) is 36.0 Å².